The molecule has 3 rings (SSSR count). The summed E-state index contributed by atoms with van der Waals surface area (Å²) in [7, 11) is 3.46. The van der Waals surface area contributed by atoms with Crippen LogP contribution in [0.5, 0.6) is 5.75 Å². The molecule has 6 heteroatoms. The van der Waals surface area contributed by atoms with E-state index in [9.17, 15) is 4.79 Å². The number of benzene rings is 2. The molecule has 0 spiro atoms. The van der Waals surface area contributed by atoms with E-state index < -0.39 is 0 Å². The molecular formula is C19H16N4O2. The van der Waals surface area contributed by atoms with E-state index in [1.54, 1.807) is 37.6 Å². The molecule has 1 heterocycles. The Morgan fingerprint density at radius 2 is 1.84 bits per heavy atom. The Morgan fingerprint density at radius 1 is 1.16 bits per heavy atom. The van der Waals surface area contributed by atoms with Crippen molar-refractivity contribution in [3.63, 3.8) is 0 Å². The van der Waals surface area contributed by atoms with Crippen molar-refractivity contribution in [3.05, 3.63) is 65.9 Å². The van der Waals surface area contributed by atoms with Crippen molar-refractivity contribution in [2.75, 3.05) is 12.4 Å². The fourth-order valence-electron chi connectivity index (χ4n) is 2.43. The maximum absolute atomic E-state index is 12.3. The quantitative estimate of drug-likeness (QED) is 0.795. The monoisotopic (exact) mass is 332 g/mol. The van der Waals surface area contributed by atoms with Gasteiger partial charge >= 0.3 is 0 Å². The standard InChI is InChI=1S/C19H16N4O2/c1-23-17(14-7-9-16(25-2)10-8-14)12-21-19(23)22-18(24)15-5-3-13(11-20)4-6-15/h3-10,12H,1-2H3,(H,21,22,24). The number of ether oxygens (including phenoxy) is 1. The second-order valence-corrected chi connectivity index (χ2v) is 5.40. The Bertz CT molecular complexity index is 935. The fourth-order valence-corrected chi connectivity index (χ4v) is 2.43. The van der Waals surface area contributed by atoms with Gasteiger partial charge in [0.2, 0.25) is 5.95 Å². The summed E-state index contributed by atoms with van der Waals surface area (Å²) in [5.41, 5.74) is 2.82. The van der Waals surface area contributed by atoms with Crippen LogP contribution in [-0.2, 0) is 7.05 Å². The van der Waals surface area contributed by atoms with Crippen LogP contribution in [0.2, 0.25) is 0 Å². The molecule has 0 aliphatic rings. The molecule has 0 fully saturated rings. The molecule has 2 aromatic carbocycles. The Morgan fingerprint density at radius 3 is 2.44 bits per heavy atom. The minimum absolute atomic E-state index is 0.278. The number of carbonyl (C=O) groups excluding carboxylic acids is 1. The summed E-state index contributed by atoms with van der Waals surface area (Å²) >= 11 is 0. The molecule has 1 amide bonds. The van der Waals surface area contributed by atoms with Gasteiger partial charge in [-0.15, -0.1) is 0 Å². The predicted molar refractivity (Wildman–Crippen MR) is 94.3 cm³/mol. The van der Waals surface area contributed by atoms with Crippen molar-refractivity contribution in [1.29, 1.82) is 5.26 Å². The Labute approximate surface area is 145 Å². The topological polar surface area (TPSA) is 79.9 Å². The molecule has 0 saturated heterocycles. The van der Waals surface area contributed by atoms with Gasteiger partial charge in [-0.3, -0.25) is 10.1 Å². The van der Waals surface area contributed by atoms with Crippen LogP contribution in [0.4, 0.5) is 5.95 Å². The number of imidazole rings is 1. The zero-order chi connectivity index (χ0) is 17.8. The molecule has 25 heavy (non-hydrogen) atoms. The van der Waals surface area contributed by atoms with Crippen molar-refractivity contribution in [3.8, 4) is 23.1 Å². The number of anilines is 1. The summed E-state index contributed by atoms with van der Waals surface area (Å²) in [4.78, 5) is 16.6. The second-order valence-electron chi connectivity index (χ2n) is 5.40. The van der Waals surface area contributed by atoms with Crippen molar-refractivity contribution >= 4 is 11.9 Å². The molecule has 3 aromatic rings. The molecule has 0 radical (unpaired) electrons. The van der Waals surface area contributed by atoms with Crippen LogP contribution in [-0.4, -0.2) is 22.6 Å². The first-order valence-corrected chi connectivity index (χ1v) is 7.60. The maximum Gasteiger partial charge on any atom is 0.257 e. The number of amides is 1. The number of hydrogen-bond donors (Lipinski definition) is 1. The first kappa shape index (κ1) is 16.3. The highest BCUT2D eigenvalue weighted by Gasteiger charge is 2.13. The van der Waals surface area contributed by atoms with E-state index in [0.717, 1.165) is 17.0 Å². The minimum atomic E-state index is -0.278. The Balaban J connectivity index is 1.80. The summed E-state index contributed by atoms with van der Waals surface area (Å²) < 4.78 is 6.97. The van der Waals surface area contributed by atoms with Crippen LogP contribution >= 0.6 is 0 Å². The van der Waals surface area contributed by atoms with Gasteiger partial charge in [0.25, 0.3) is 5.91 Å². The Kier molecular flexibility index (Phi) is 4.48. The molecular weight excluding hydrogens is 316 g/mol. The number of rotatable bonds is 4. The molecule has 1 aromatic heterocycles. The predicted octanol–water partition coefficient (Wildman–Crippen LogP) is 3.22. The van der Waals surface area contributed by atoms with Crippen molar-refractivity contribution in [2.45, 2.75) is 0 Å². The number of hydrogen-bond acceptors (Lipinski definition) is 4. The summed E-state index contributed by atoms with van der Waals surface area (Å²) in [5, 5.41) is 11.6. The smallest absolute Gasteiger partial charge is 0.257 e. The molecule has 0 bridgehead atoms. The van der Waals surface area contributed by atoms with E-state index in [1.807, 2.05) is 41.9 Å². The van der Waals surface area contributed by atoms with Gasteiger partial charge in [0.05, 0.1) is 30.6 Å². The SMILES string of the molecule is COc1ccc(-c2cnc(NC(=O)c3ccc(C#N)cc3)n2C)cc1. The van der Waals surface area contributed by atoms with Gasteiger partial charge < -0.3 is 9.30 Å². The lowest BCUT2D eigenvalue weighted by atomic mass is 10.1. The first-order chi connectivity index (χ1) is 12.1. The van der Waals surface area contributed by atoms with Crippen LogP contribution in [0.1, 0.15) is 15.9 Å². The summed E-state index contributed by atoms with van der Waals surface area (Å²) in [6.45, 7) is 0. The van der Waals surface area contributed by atoms with E-state index in [-0.39, 0.29) is 5.91 Å². The molecule has 124 valence electrons. The largest absolute Gasteiger partial charge is 0.497 e. The average molecular weight is 332 g/mol. The van der Waals surface area contributed by atoms with Gasteiger partial charge in [-0.25, -0.2) is 4.98 Å². The van der Waals surface area contributed by atoms with Crippen LogP contribution in [0.25, 0.3) is 11.3 Å². The molecule has 0 atom stereocenters. The number of nitriles is 1. The normalized spacial score (nSPS) is 10.1. The summed E-state index contributed by atoms with van der Waals surface area (Å²) in [6.07, 6.45) is 1.70. The molecule has 0 unspecified atom stereocenters. The maximum atomic E-state index is 12.3. The van der Waals surface area contributed by atoms with E-state index >= 15 is 0 Å². The van der Waals surface area contributed by atoms with Crippen molar-refractivity contribution < 1.29 is 9.53 Å². The average Bonchev–Trinajstić information content (AvgIpc) is 3.02. The van der Waals surface area contributed by atoms with E-state index in [0.29, 0.717) is 17.1 Å². The molecule has 1 N–H and O–H groups in total. The molecule has 0 aliphatic carbocycles. The van der Waals surface area contributed by atoms with Crippen LogP contribution in [0, 0.1) is 11.3 Å². The third-order valence-corrected chi connectivity index (χ3v) is 3.88. The highest BCUT2D eigenvalue weighted by Crippen LogP contribution is 2.24. The third kappa shape index (κ3) is 3.35. The number of carbonyl (C=O) groups is 1. The lowest BCUT2D eigenvalue weighted by Gasteiger charge is -2.08. The van der Waals surface area contributed by atoms with Gasteiger partial charge in [0.15, 0.2) is 0 Å². The number of nitrogens with one attached hydrogen (secondary N) is 1. The lowest BCUT2D eigenvalue weighted by Crippen LogP contribution is -2.15. The highest BCUT2D eigenvalue weighted by molar-refractivity contribution is 6.03. The van der Waals surface area contributed by atoms with Crippen LogP contribution < -0.4 is 10.1 Å². The lowest BCUT2D eigenvalue weighted by molar-refractivity contribution is 0.102. The van der Waals surface area contributed by atoms with Gasteiger partial charge in [-0.05, 0) is 48.5 Å². The van der Waals surface area contributed by atoms with E-state index in [2.05, 4.69) is 10.3 Å². The fraction of sp³-hybridized carbons (Fsp3) is 0.105. The molecule has 0 aliphatic heterocycles. The molecule has 6 nitrogen and oxygen atoms in total. The first-order valence-electron chi connectivity index (χ1n) is 7.60. The molecule has 0 saturated carbocycles. The van der Waals surface area contributed by atoms with Gasteiger partial charge in [0, 0.05) is 18.2 Å². The van der Waals surface area contributed by atoms with Crippen molar-refractivity contribution in [2.24, 2.45) is 7.05 Å². The minimum Gasteiger partial charge on any atom is -0.497 e. The van der Waals surface area contributed by atoms with Crippen molar-refractivity contribution in [1.82, 2.24) is 9.55 Å². The zero-order valence-corrected chi connectivity index (χ0v) is 13.9. The zero-order valence-electron chi connectivity index (χ0n) is 13.9. The van der Waals surface area contributed by atoms with Gasteiger partial charge in [-0.2, -0.15) is 5.26 Å². The van der Waals surface area contributed by atoms with Gasteiger partial charge in [-0.1, -0.05) is 0 Å². The van der Waals surface area contributed by atoms with Crippen LogP contribution in [0.3, 0.4) is 0 Å². The third-order valence-electron chi connectivity index (χ3n) is 3.88. The second kappa shape index (κ2) is 6.89. The van der Waals surface area contributed by atoms with E-state index in [4.69, 9.17) is 10.00 Å². The number of nitrogens with zero attached hydrogens (tertiary/aromatic N) is 3. The number of aromatic nitrogens is 2. The summed E-state index contributed by atoms with van der Waals surface area (Å²) in [5.74, 6) is 0.944. The summed E-state index contributed by atoms with van der Waals surface area (Å²) in [6, 6.07) is 16.1. The Hall–Kier alpha value is -3.59. The highest BCUT2D eigenvalue weighted by atomic mass is 16.5. The number of methoxy groups -OCH3 is 1. The van der Waals surface area contributed by atoms with E-state index in [1.165, 1.54) is 0 Å². The van der Waals surface area contributed by atoms with Gasteiger partial charge in [0.1, 0.15) is 5.75 Å². The van der Waals surface area contributed by atoms with Crippen LogP contribution in [0.15, 0.2) is 54.7 Å².